The molecular weight excluding hydrogens is 200 g/mol. The van der Waals surface area contributed by atoms with E-state index in [1.54, 1.807) is 0 Å². The van der Waals surface area contributed by atoms with Crippen LogP contribution in [0.25, 0.3) is 0 Å². The van der Waals surface area contributed by atoms with E-state index in [1.165, 1.54) is 12.8 Å². The van der Waals surface area contributed by atoms with Gasteiger partial charge in [0.2, 0.25) is 0 Å². The summed E-state index contributed by atoms with van der Waals surface area (Å²) in [4.78, 5) is 4.38. The molecule has 4 nitrogen and oxygen atoms in total. The zero-order chi connectivity index (χ0) is 11.7. The Kier molecular flexibility index (Phi) is 3.28. The molecule has 1 aliphatic carbocycles. The molecule has 1 saturated carbocycles. The molecule has 2 unspecified atom stereocenters. The van der Waals surface area contributed by atoms with Crippen LogP contribution in [0, 0.1) is 19.8 Å². The number of nitrogens with one attached hydrogen (secondary N) is 1. The smallest absolute Gasteiger partial charge is 0.147 e. The van der Waals surface area contributed by atoms with Crippen LogP contribution in [0.5, 0.6) is 0 Å². The van der Waals surface area contributed by atoms with Crippen molar-refractivity contribution in [1.82, 2.24) is 20.1 Å². The van der Waals surface area contributed by atoms with Crippen LogP contribution >= 0.6 is 0 Å². The number of hydrogen-bond donors (Lipinski definition) is 1. The molecule has 4 heteroatoms. The first-order valence-electron chi connectivity index (χ1n) is 6.21. The average Bonchev–Trinajstić information content (AvgIpc) is 2.43. The van der Waals surface area contributed by atoms with Crippen molar-refractivity contribution in [2.75, 3.05) is 6.54 Å². The highest BCUT2D eigenvalue weighted by Gasteiger charge is 2.33. The third kappa shape index (κ3) is 2.26. The third-order valence-electron chi connectivity index (χ3n) is 3.39. The summed E-state index contributed by atoms with van der Waals surface area (Å²) < 4.78 is 2.12. The second kappa shape index (κ2) is 4.53. The summed E-state index contributed by atoms with van der Waals surface area (Å²) in [5.74, 6) is 2.67. The van der Waals surface area contributed by atoms with Crippen molar-refractivity contribution in [3.63, 3.8) is 0 Å². The molecule has 1 N–H and O–H groups in total. The quantitative estimate of drug-likeness (QED) is 0.845. The van der Waals surface area contributed by atoms with E-state index in [1.807, 2.05) is 13.8 Å². The molecule has 0 spiro atoms. The van der Waals surface area contributed by atoms with Crippen LogP contribution in [0.4, 0.5) is 0 Å². The molecular formula is C12H22N4. The number of rotatable bonds is 4. The Balaban J connectivity index is 1.98. The Morgan fingerprint density at radius 2 is 2.12 bits per heavy atom. The van der Waals surface area contributed by atoms with Gasteiger partial charge in [0.25, 0.3) is 0 Å². The number of aryl methyl sites for hydroxylation is 2. The van der Waals surface area contributed by atoms with Crippen LogP contribution in [0.15, 0.2) is 0 Å². The summed E-state index contributed by atoms with van der Waals surface area (Å²) in [7, 11) is 0. The van der Waals surface area contributed by atoms with Crippen LogP contribution in [-0.2, 0) is 0 Å². The summed E-state index contributed by atoms with van der Waals surface area (Å²) in [5.41, 5.74) is 0. The van der Waals surface area contributed by atoms with Gasteiger partial charge in [-0.1, -0.05) is 13.8 Å². The van der Waals surface area contributed by atoms with Gasteiger partial charge in [0.1, 0.15) is 11.6 Å². The Bertz CT molecular complexity index is 356. The van der Waals surface area contributed by atoms with Crippen molar-refractivity contribution in [3.8, 4) is 0 Å². The molecule has 0 radical (unpaired) electrons. The van der Waals surface area contributed by atoms with Crippen molar-refractivity contribution in [1.29, 1.82) is 0 Å². The molecule has 1 aromatic rings. The molecule has 0 amide bonds. The van der Waals surface area contributed by atoms with E-state index in [2.05, 4.69) is 33.9 Å². The van der Waals surface area contributed by atoms with E-state index in [0.717, 1.165) is 24.1 Å². The van der Waals surface area contributed by atoms with Crippen molar-refractivity contribution in [2.24, 2.45) is 5.92 Å². The lowest BCUT2D eigenvalue weighted by Crippen LogP contribution is -2.39. The van der Waals surface area contributed by atoms with Gasteiger partial charge in [-0.2, -0.15) is 5.10 Å². The number of hydrogen-bond acceptors (Lipinski definition) is 3. The number of nitrogens with zero attached hydrogens (tertiary/aromatic N) is 3. The minimum atomic E-state index is 0.562. The molecule has 0 aromatic carbocycles. The van der Waals surface area contributed by atoms with E-state index in [9.17, 15) is 0 Å². The highest BCUT2D eigenvalue weighted by atomic mass is 15.4. The van der Waals surface area contributed by atoms with Crippen LogP contribution in [0.2, 0.25) is 0 Å². The predicted octanol–water partition coefficient (Wildman–Crippen LogP) is 1.84. The molecule has 90 valence electrons. The zero-order valence-electron chi connectivity index (χ0n) is 10.7. The monoisotopic (exact) mass is 222 g/mol. The van der Waals surface area contributed by atoms with Crippen LogP contribution in [0.3, 0.4) is 0 Å². The maximum Gasteiger partial charge on any atom is 0.147 e. The third-order valence-corrected chi connectivity index (χ3v) is 3.39. The van der Waals surface area contributed by atoms with Gasteiger partial charge in [0.05, 0.1) is 6.04 Å². The largest absolute Gasteiger partial charge is 0.314 e. The average molecular weight is 222 g/mol. The lowest BCUT2D eigenvalue weighted by molar-refractivity contribution is 0.157. The SMILES string of the molecule is Cc1nc(C)n(C2CCC2CNC(C)C)n1. The fourth-order valence-electron chi connectivity index (χ4n) is 2.35. The molecule has 2 atom stereocenters. The standard InChI is InChI=1S/C12H22N4/c1-8(2)13-7-11-5-6-12(11)16-10(4)14-9(3)15-16/h8,11-13H,5-7H2,1-4H3. The van der Waals surface area contributed by atoms with E-state index in [0.29, 0.717) is 12.1 Å². The maximum absolute atomic E-state index is 4.49. The summed E-state index contributed by atoms with van der Waals surface area (Å²) in [6, 6.07) is 1.13. The van der Waals surface area contributed by atoms with Crippen LogP contribution in [0.1, 0.15) is 44.4 Å². The van der Waals surface area contributed by atoms with E-state index >= 15 is 0 Å². The van der Waals surface area contributed by atoms with E-state index in [4.69, 9.17) is 0 Å². The van der Waals surface area contributed by atoms with Gasteiger partial charge in [-0.25, -0.2) is 9.67 Å². The molecule has 1 aromatic heterocycles. The predicted molar refractivity (Wildman–Crippen MR) is 64.4 cm³/mol. The number of aromatic nitrogens is 3. The highest BCUT2D eigenvalue weighted by Crippen LogP contribution is 2.38. The lowest BCUT2D eigenvalue weighted by Gasteiger charge is -2.37. The fraction of sp³-hybridized carbons (Fsp3) is 0.833. The Morgan fingerprint density at radius 3 is 2.56 bits per heavy atom. The Hall–Kier alpha value is -0.900. The van der Waals surface area contributed by atoms with Gasteiger partial charge < -0.3 is 5.32 Å². The second-order valence-electron chi connectivity index (χ2n) is 5.12. The normalized spacial score (nSPS) is 24.8. The first-order chi connectivity index (χ1) is 7.58. The van der Waals surface area contributed by atoms with Crippen molar-refractivity contribution in [3.05, 3.63) is 11.6 Å². The van der Waals surface area contributed by atoms with Gasteiger partial charge >= 0.3 is 0 Å². The lowest BCUT2D eigenvalue weighted by atomic mass is 9.79. The highest BCUT2D eigenvalue weighted by molar-refractivity contribution is 4.96. The summed E-state index contributed by atoms with van der Waals surface area (Å²) in [5, 5.41) is 8.00. The van der Waals surface area contributed by atoms with Crippen molar-refractivity contribution >= 4 is 0 Å². The van der Waals surface area contributed by atoms with Gasteiger partial charge in [-0.05, 0) is 32.6 Å². The van der Waals surface area contributed by atoms with Gasteiger partial charge in [0.15, 0.2) is 0 Å². The van der Waals surface area contributed by atoms with Gasteiger partial charge in [0, 0.05) is 12.6 Å². The fourth-order valence-corrected chi connectivity index (χ4v) is 2.35. The van der Waals surface area contributed by atoms with Crippen molar-refractivity contribution in [2.45, 2.75) is 52.6 Å². The minimum absolute atomic E-state index is 0.562. The molecule has 1 fully saturated rings. The topological polar surface area (TPSA) is 42.7 Å². The molecule has 1 aliphatic rings. The summed E-state index contributed by atoms with van der Waals surface area (Å²) >= 11 is 0. The minimum Gasteiger partial charge on any atom is -0.314 e. The zero-order valence-corrected chi connectivity index (χ0v) is 10.7. The van der Waals surface area contributed by atoms with Crippen LogP contribution < -0.4 is 5.32 Å². The summed E-state index contributed by atoms with van der Waals surface area (Å²) in [6.45, 7) is 9.49. The molecule has 16 heavy (non-hydrogen) atoms. The van der Waals surface area contributed by atoms with E-state index in [-0.39, 0.29) is 0 Å². The first-order valence-corrected chi connectivity index (χ1v) is 6.21. The maximum atomic E-state index is 4.49. The van der Waals surface area contributed by atoms with Gasteiger partial charge in [-0.3, -0.25) is 0 Å². The molecule has 0 saturated heterocycles. The second-order valence-corrected chi connectivity index (χ2v) is 5.12. The summed E-state index contributed by atoms with van der Waals surface area (Å²) in [6.07, 6.45) is 2.55. The van der Waals surface area contributed by atoms with E-state index < -0.39 is 0 Å². The molecule has 1 heterocycles. The molecule has 0 aliphatic heterocycles. The molecule has 0 bridgehead atoms. The first kappa shape index (κ1) is 11.6. The van der Waals surface area contributed by atoms with Crippen LogP contribution in [-0.4, -0.2) is 27.4 Å². The Labute approximate surface area is 97.5 Å². The Morgan fingerprint density at radius 1 is 1.38 bits per heavy atom. The van der Waals surface area contributed by atoms with Gasteiger partial charge in [-0.15, -0.1) is 0 Å². The molecule has 2 rings (SSSR count). The van der Waals surface area contributed by atoms with Crippen molar-refractivity contribution < 1.29 is 0 Å².